The minimum Gasteiger partial charge on any atom is -0.409 e. The smallest absolute Gasteiger partial charge is 0.141 e. The molecule has 0 amide bonds. The standard InChI is InChI=1S/C7H12N2O/c1-7(8-10)9-5-3-2-4-6-9/h2-3,10H,4-6H2,1H3. The Morgan fingerprint density at radius 1 is 1.60 bits per heavy atom. The summed E-state index contributed by atoms with van der Waals surface area (Å²) in [6.07, 6.45) is 5.27. The van der Waals surface area contributed by atoms with Gasteiger partial charge in [-0.3, -0.25) is 0 Å². The summed E-state index contributed by atoms with van der Waals surface area (Å²) in [6.45, 7) is 3.64. The Morgan fingerprint density at radius 3 is 2.90 bits per heavy atom. The molecule has 0 atom stereocenters. The molecule has 0 aliphatic carbocycles. The van der Waals surface area contributed by atoms with E-state index in [9.17, 15) is 0 Å². The maximum Gasteiger partial charge on any atom is 0.141 e. The topological polar surface area (TPSA) is 35.8 Å². The molecule has 0 aromatic carbocycles. The summed E-state index contributed by atoms with van der Waals surface area (Å²) in [6, 6.07) is 0. The summed E-state index contributed by atoms with van der Waals surface area (Å²) in [5.74, 6) is 0.698. The lowest BCUT2D eigenvalue weighted by Gasteiger charge is -2.23. The normalized spacial score (nSPS) is 19.7. The van der Waals surface area contributed by atoms with E-state index in [1.165, 1.54) is 0 Å². The van der Waals surface area contributed by atoms with Crippen LogP contribution in [0.5, 0.6) is 0 Å². The number of amidine groups is 1. The van der Waals surface area contributed by atoms with E-state index < -0.39 is 0 Å². The highest BCUT2D eigenvalue weighted by atomic mass is 16.4. The van der Waals surface area contributed by atoms with Crippen LogP contribution in [0.15, 0.2) is 17.3 Å². The Labute approximate surface area is 60.6 Å². The van der Waals surface area contributed by atoms with E-state index in [1.807, 2.05) is 4.90 Å². The molecule has 0 bridgehead atoms. The Hall–Kier alpha value is -0.990. The van der Waals surface area contributed by atoms with Gasteiger partial charge in [0.2, 0.25) is 0 Å². The van der Waals surface area contributed by atoms with E-state index in [0.29, 0.717) is 5.84 Å². The monoisotopic (exact) mass is 140 g/mol. The number of rotatable bonds is 0. The van der Waals surface area contributed by atoms with Gasteiger partial charge in [0.25, 0.3) is 0 Å². The van der Waals surface area contributed by atoms with Crippen molar-refractivity contribution in [2.75, 3.05) is 13.1 Å². The molecule has 1 N–H and O–H groups in total. The van der Waals surface area contributed by atoms with Gasteiger partial charge in [-0.1, -0.05) is 17.3 Å². The van der Waals surface area contributed by atoms with E-state index in [2.05, 4.69) is 17.3 Å². The Kier molecular flexibility index (Phi) is 2.31. The first-order chi connectivity index (χ1) is 4.84. The molecule has 0 saturated carbocycles. The van der Waals surface area contributed by atoms with E-state index in [4.69, 9.17) is 5.21 Å². The van der Waals surface area contributed by atoms with Crippen molar-refractivity contribution in [3.63, 3.8) is 0 Å². The van der Waals surface area contributed by atoms with Gasteiger partial charge in [-0.15, -0.1) is 0 Å². The maximum atomic E-state index is 8.41. The zero-order valence-corrected chi connectivity index (χ0v) is 6.12. The van der Waals surface area contributed by atoms with Gasteiger partial charge >= 0.3 is 0 Å². The van der Waals surface area contributed by atoms with E-state index in [0.717, 1.165) is 19.5 Å². The third-order valence-electron chi connectivity index (χ3n) is 1.66. The van der Waals surface area contributed by atoms with Crippen LogP contribution in [0.25, 0.3) is 0 Å². The predicted octanol–water partition coefficient (Wildman–Crippen LogP) is 1.06. The number of oxime groups is 1. The van der Waals surface area contributed by atoms with E-state index >= 15 is 0 Å². The van der Waals surface area contributed by atoms with Gasteiger partial charge in [-0.05, 0) is 13.3 Å². The van der Waals surface area contributed by atoms with E-state index in [-0.39, 0.29) is 0 Å². The van der Waals surface area contributed by atoms with Crippen molar-refractivity contribution in [3.05, 3.63) is 12.2 Å². The highest BCUT2D eigenvalue weighted by molar-refractivity contribution is 5.79. The fourth-order valence-electron chi connectivity index (χ4n) is 0.998. The van der Waals surface area contributed by atoms with Gasteiger partial charge in [0.05, 0.1) is 0 Å². The van der Waals surface area contributed by atoms with Crippen LogP contribution in [0.4, 0.5) is 0 Å². The predicted molar refractivity (Wildman–Crippen MR) is 40.2 cm³/mol. The van der Waals surface area contributed by atoms with Gasteiger partial charge in [-0.25, -0.2) is 0 Å². The Morgan fingerprint density at radius 2 is 2.40 bits per heavy atom. The van der Waals surface area contributed by atoms with Gasteiger partial charge in [0.15, 0.2) is 0 Å². The summed E-state index contributed by atoms with van der Waals surface area (Å²) in [5, 5.41) is 11.5. The lowest BCUT2D eigenvalue weighted by molar-refractivity contribution is 0.302. The van der Waals surface area contributed by atoms with Crippen LogP contribution in [0.3, 0.4) is 0 Å². The SMILES string of the molecule is CC(=NO)N1CC=CCC1. The Bertz CT molecular complexity index is 163. The molecular weight excluding hydrogens is 128 g/mol. The second-order valence-electron chi connectivity index (χ2n) is 2.35. The average Bonchev–Trinajstić information content (AvgIpc) is 2.05. The number of nitrogens with zero attached hydrogens (tertiary/aromatic N) is 2. The van der Waals surface area contributed by atoms with Gasteiger partial charge in [-0.2, -0.15) is 0 Å². The maximum absolute atomic E-state index is 8.41. The third kappa shape index (κ3) is 1.50. The van der Waals surface area contributed by atoms with Crippen LogP contribution in [-0.2, 0) is 0 Å². The zero-order chi connectivity index (χ0) is 7.40. The minimum absolute atomic E-state index is 0.698. The van der Waals surface area contributed by atoms with Crippen molar-refractivity contribution in [1.29, 1.82) is 0 Å². The molecule has 0 radical (unpaired) electrons. The molecule has 1 aliphatic rings. The van der Waals surface area contributed by atoms with Crippen molar-refractivity contribution >= 4 is 5.84 Å². The molecule has 0 fully saturated rings. The third-order valence-corrected chi connectivity index (χ3v) is 1.66. The Balaban J connectivity index is 2.49. The molecule has 10 heavy (non-hydrogen) atoms. The van der Waals surface area contributed by atoms with Gasteiger partial charge in [0, 0.05) is 13.1 Å². The zero-order valence-electron chi connectivity index (χ0n) is 6.12. The van der Waals surface area contributed by atoms with Gasteiger partial charge < -0.3 is 10.1 Å². The van der Waals surface area contributed by atoms with Crippen LogP contribution in [0.1, 0.15) is 13.3 Å². The highest BCUT2D eigenvalue weighted by Gasteiger charge is 2.06. The highest BCUT2D eigenvalue weighted by Crippen LogP contribution is 2.01. The summed E-state index contributed by atoms with van der Waals surface area (Å²) in [7, 11) is 0. The quantitative estimate of drug-likeness (QED) is 0.179. The molecule has 0 saturated heterocycles. The van der Waals surface area contributed by atoms with Crippen molar-refractivity contribution in [2.45, 2.75) is 13.3 Å². The molecular formula is C7H12N2O. The first-order valence-electron chi connectivity index (χ1n) is 3.43. The van der Waals surface area contributed by atoms with Crippen molar-refractivity contribution in [1.82, 2.24) is 4.90 Å². The van der Waals surface area contributed by atoms with Crippen LogP contribution < -0.4 is 0 Å². The molecule has 0 unspecified atom stereocenters. The molecule has 56 valence electrons. The molecule has 1 rings (SSSR count). The van der Waals surface area contributed by atoms with Crippen molar-refractivity contribution < 1.29 is 5.21 Å². The largest absolute Gasteiger partial charge is 0.409 e. The second-order valence-corrected chi connectivity index (χ2v) is 2.35. The van der Waals surface area contributed by atoms with Crippen LogP contribution in [0, 0.1) is 0 Å². The molecule has 0 spiro atoms. The molecule has 1 heterocycles. The minimum atomic E-state index is 0.698. The fourth-order valence-corrected chi connectivity index (χ4v) is 0.998. The van der Waals surface area contributed by atoms with Crippen LogP contribution in [-0.4, -0.2) is 29.0 Å². The van der Waals surface area contributed by atoms with Crippen LogP contribution in [0.2, 0.25) is 0 Å². The van der Waals surface area contributed by atoms with E-state index in [1.54, 1.807) is 6.92 Å². The van der Waals surface area contributed by atoms with Crippen LogP contribution >= 0.6 is 0 Å². The fraction of sp³-hybridized carbons (Fsp3) is 0.571. The van der Waals surface area contributed by atoms with Gasteiger partial charge in [0.1, 0.15) is 5.84 Å². The average molecular weight is 140 g/mol. The molecule has 0 aromatic rings. The lowest BCUT2D eigenvalue weighted by Crippen LogP contribution is -2.31. The summed E-state index contributed by atoms with van der Waals surface area (Å²) in [5.41, 5.74) is 0. The number of hydrogen-bond donors (Lipinski definition) is 1. The molecule has 0 aromatic heterocycles. The second kappa shape index (κ2) is 3.25. The molecule has 3 nitrogen and oxygen atoms in total. The van der Waals surface area contributed by atoms with Crippen molar-refractivity contribution in [2.24, 2.45) is 5.16 Å². The molecule has 1 aliphatic heterocycles. The summed E-state index contributed by atoms with van der Waals surface area (Å²) in [4.78, 5) is 2.03. The van der Waals surface area contributed by atoms with Crippen molar-refractivity contribution in [3.8, 4) is 0 Å². The summed E-state index contributed by atoms with van der Waals surface area (Å²) < 4.78 is 0. The first kappa shape index (κ1) is 7.12. The lowest BCUT2D eigenvalue weighted by atomic mass is 10.2. The molecule has 3 heteroatoms. The summed E-state index contributed by atoms with van der Waals surface area (Å²) >= 11 is 0. The number of hydrogen-bond acceptors (Lipinski definition) is 2. The first-order valence-corrected chi connectivity index (χ1v) is 3.43.